The number of nitro benzene ring substituents is 4. The molecule has 11 aromatic carbocycles. The second kappa shape index (κ2) is 57.5. The number of hydrogen-bond donors (Lipinski definition) is 7. The molecule has 14 aromatic rings. The van der Waals surface area contributed by atoms with Crippen molar-refractivity contribution in [1.82, 2.24) is 30.6 Å². The Morgan fingerprint density at radius 1 is 0.452 bits per heavy atom. The van der Waals surface area contributed by atoms with Crippen LogP contribution >= 0.6 is 169 Å². The maximum Gasteiger partial charge on any atom is 0.488 e. The van der Waals surface area contributed by atoms with Gasteiger partial charge in [-0.15, -0.1) is 0 Å². The number of nitro groups is 4. The fraction of sp³-hybridized carbons (Fsp3) is 0.112. The van der Waals surface area contributed by atoms with Gasteiger partial charge in [0.2, 0.25) is 22.2 Å². The highest BCUT2D eigenvalue weighted by atomic mass is 127. The molecular formula is C89H72BBr6Cl4IN11O30PS3. The summed E-state index contributed by atoms with van der Waals surface area (Å²) >= 11 is 39.7. The van der Waals surface area contributed by atoms with Gasteiger partial charge in [0, 0.05) is 97.3 Å². The molecule has 0 atom stereocenters. The van der Waals surface area contributed by atoms with Crippen molar-refractivity contribution >= 4 is 312 Å². The number of nitrogens with zero attached hydrogens (tertiary/aromatic N) is 7. The lowest BCUT2D eigenvalue weighted by Gasteiger charge is -2.13. The number of carbonyl (C=O) groups is 7. The second-order valence-corrected chi connectivity index (χ2v) is 48.2. The summed E-state index contributed by atoms with van der Waals surface area (Å²) in [5.74, 6) is -6.76. The highest BCUT2D eigenvalue weighted by Crippen LogP contribution is 2.61. The number of ketones is 3. The highest BCUT2D eigenvalue weighted by molar-refractivity contribution is 14.1. The van der Waals surface area contributed by atoms with Crippen LogP contribution in [0.4, 0.5) is 28.4 Å². The first-order valence-electron chi connectivity index (χ1n) is 39.9. The molecule has 3 heterocycles. The molecule has 766 valence electrons. The summed E-state index contributed by atoms with van der Waals surface area (Å²) < 4.78 is 90.9. The molecule has 0 amide bonds. The number of benzene rings is 11. The van der Waals surface area contributed by atoms with E-state index >= 15 is 0 Å². The molecule has 0 fully saturated rings. The van der Waals surface area contributed by atoms with Crippen molar-refractivity contribution in [1.29, 1.82) is 0 Å². The molecule has 57 heteroatoms. The number of Topliss-reactive ketones (excluding diaryl/α,β-unsaturated/α-hetero) is 3. The summed E-state index contributed by atoms with van der Waals surface area (Å²) in [5, 5.41) is 86.1. The molecule has 0 aliphatic rings. The van der Waals surface area contributed by atoms with Crippen molar-refractivity contribution in [2.45, 2.75) is 42.4 Å². The molecule has 0 aliphatic heterocycles. The second-order valence-electron chi connectivity index (χ2n) is 28.6. The molecule has 3 aromatic heterocycles. The zero-order valence-electron chi connectivity index (χ0n) is 75.4. The van der Waals surface area contributed by atoms with Crippen LogP contribution in [0.25, 0.3) is 55.0 Å². The molecule has 0 unspecified atom stereocenters. The largest absolute Gasteiger partial charge is 0.488 e. The number of rotatable bonds is 20. The molecule has 14 rings (SSSR count). The fourth-order valence-corrected chi connectivity index (χ4v) is 16.1. The number of aromatic carboxylic acids is 1. The number of nitrogen functional groups attached to an aromatic ring is 1. The molecule has 41 nitrogen and oxygen atoms in total. The molecule has 0 bridgehead atoms. The van der Waals surface area contributed by atoms with Gasteiger partial charge in [-0.2, -0.15) is 15.3 Å². The quantitative estimate of drug-likeness (QED) is 0.00356. The Bertz CT molecular complexity index is 7740. The number of aromatic nitrogens is 6. The van der Waals surface area contributed by atoms with Crippen LogP contribution in [-0.2, 0) is 53.1 Å². The molecular weight excluding hydrogens is 2590 g/mol. The Labute approximate surface area is 910 Å². The van der Waals surface area contributed by atoms with Gasteiger partial charge in [-0.1, -0.05) is 144 Å². The van der Waals surface area contributed by atoms with Gasteiger partial charge in [-0.3, -0.25) is 103 Å². The van der Waals surface area contributed by atoms with E-state index < -0.39 is 108 Å². The summed E-state index contributed by atoms with van der Waals surface area (Å²) in [6, 6.07) is 56.0. The van der Waals surface area contributed by atoms with E-state index in [2.05, 4.69) is 160 Å². The van der Waals surface area contributed by atoms with Gasteiger partial charge in [0.1, 0.15) is 11.1 Å². The summed E-state index contributed by atoms with van der Waals surface area (Å²) in [4.78, 5) is 155. The summed E-state index contributed by atoms with van der Waals surface area (Å²) in [6.45, 7) is 5.71. The number of carboxylic acids is 1. The first-order valence-corrected chi connectivity index (χ1v) is 56.2. The lowest BCUT2D eigenvalue weighted by molar-refractivity contribution is -0.385. The standard InChI is InChI=1S/C15H11IN2O3S.C15H12N2O3S.C14H14BrNO7.C8H5BrN2O.C8H6BrNO3.C8H8BrNO.C7H9BO4S.C7H3BrClNO3.C7H4BrNO4.Cl3OP/c1-22(20,21)11-5-2-9(3-6-11)10-4-7-12-13(8-10)17-18-15(16)14(12)19;1-21(19,20)12-5-2-10(3-6-12)11-4-7-13-14(8-11)17-16-9-15(13)18;1-3-22-13(18)11(14(19)23-4-2)12(17)9-6-5-8(15)7-10(9)16(20)21;9-5-1-2-6-7(3-5)11-10-4-8(6)12;1-5(11)7-3-2-6(9)4-8(7)10(12)13;1-5(11)7-3-2-6(9)4-8(7)10;1-13(11,12)7-4-2-6(3-5-7)8(9)10;8-4-1-2-5(7(9)11)6(3-4)10(12)13;8-4-1-2-5(7(10)11)6(3-4)9(12)13;1-5(2,3)4/h2-8H,1H3,(H,17,19);2-9H,1H3,(H,17,18);5-7,11H,3-4H2,1-2H3;1-4H,(H,11,12);2-4H,1H3;2-4H,10H2,1H3;2-5,9-10H,1H3;1-3H;1-3H,(H,10,11);. The summed E-state index contributed by atoms with van der Waals surface area (Å²) in [7, 11) is -11.2. The average Bonchev–Trinajstić information content (AvgIpc) is 0.785. The van der Waals surface area contributed by atoms with Gasteiger partial charge >= 0.3 is 30.2 Å². The average molecular weight is 2660 g/mol. The topological polar surface area (TPSA) is 654 Å². The number of aromatic amines is 3. The van der Waals surface area contributed by atoms with Crippen molar-refractivity contribution in [2.24, 2.45) is 5.92 Å². The summed E-state index contributed by atoms with van der Waals surface area (Å²) in [6.07, 6.45) is 5.96. The normalized spacial score (nSPS) is 10.6. The van der Waals surface area contributed by atoms with E-state index in [1.165, 1.54) is 125 Å². The van der Waals surface area contributed by atoms with Crippen LogP contribution in [0.1, 0.15) is 79.5 Å². The minimum Gasteiger partial charge on any atom is -0.477 e. The molecule has 0 saturated heterocycles. The highest BCUT2D eigenvalue weighted by Gasteiger charge is 2.40. The Hall–Kier alpha value is -11.8. The van der Waals surface area contributed by atoms with E-state index in [-0.39, 0.29) is 94.8 Å². The van der Waals surface area contributed by atoms with E-state index in [1.807, 2.05) is 59.0 Å². The van der Waals surface area contributed by atoms with Crippen LogP contribution in [0, 0.1) is 50.1 Å². The smallest absolute Gasteiger partial charge is 0.477 e. The van der Waals surface area contributed by atoms with Crippen molar-refractivity contribution in [2.75, 3.05) is 37.7 Å². The Balaban J connectivity index is 0.000000291. The zero-order chi connectivity index (χ0) is 110. The lowest BCUT2D eigenvalue weighted by Crippen LogP contribution is -2.35. The maximum atomic E-state index is 12.5. The zero-order valence-corrected chi connectivity index (χ0v) is 93.5. The number of nitrogens with one attached hydrogen (secondary N) is 3. The van der Waals surface area contributed by atoms with E-state index in [1.54, 1.807) is 91.0 Å². The third-order valence-corrected chi connectivity index (χ3v) is 25.5. The van der Waals surface area contributed by atoms with Crippen molar-refractivity contribution in [3.05, 3.63) is 360 Å². The van der Waals surface area contributed by atoms with Crippen LogP contribution in [0.2, 0.25) is 0 Å². The molecule has 146 heavy (non-hydrogen) atoms. The number of sulfone groups is 3. The predicted octanol–water partition coefficient (Wildman–Crippen LogP) is 19.7. The minimum absolute atomic E-state index is 0.00463. The molecule has 0 spiro atoms. The predicted molar refractivity (Wildman–Crippen MR) is 579 cm³/mol. The third kappa shape index (κ3) is 39.8. The number of nitrogens with two attached hydrogens (primary N) is 1. The number of carbonyl (C=O) groups excluding carboxylic acids is 6. The molecule has 0 saturated carbocycles. The fourth-order valence-electron chi connectivity index (χ4n) is 11.5. The Morgan fingerprint density at radius 2 is 0.753 bits per heavy atom. The molecule has 0 aliphatic carbocycles. The maximum absolute atomic E-state index is 12.5. The van der Waals surface area contributed by atoms with Gasteiger partial charge in [-0.25, -0.2) is 30.0 Å². The number of anilines is 1. The number of carboxylic acid groups (broad SMARTS) is 1. The van der Waals surface area contributed by atoms with Crippen LogP contribution < -0.4 is 27.5 Å². The monoisotopic (exact) mass is 2650 g/mol. The van der Waals surface area contributed by atoms with Gasteiger partial charge in [-0.05, 0) is 269 Å². The van der Waals surface area contributed by atoms with Gasteiger partial charge in [0.25, 0.3) is 28.0 Å². The van der Waals surface area contributed by atoms with Gasteiger partial charge in [0.05, 0.1) is 87.7 Å². The van der Waals surface area contributed by atoms with Crippen LogP contribution in [0.5, 0.6) is 0 Å². The summed E-state index contributed by atoms with van der Waals surface area (Å²) in [5.41, 5.74) is 10.1. The van der Waals surface area contributed by atoms with Crippen molar-refractivity contribution in [3.63, 3.8) is 0 Å². The first kappa shape index (κ1) is 125. The Morgan fingerprint density at radius 3 is 1.11 bits per heavy atom. The minimum atomic E-state index is -3.22. The number of ether oxygens (including phenoxy) is 2. The van der Waals surface area contributed by atoms with E-state index in [0.29, 0.717) is 60.0 Å². The van der Waals surface area contributed by atoms with E-state index in [0.717, 1.165) is 61.2 Å². The van der Waals surface area contributed by atoms with E-state index in [9.17, 15) is 118 Å². The lowest BCUT2D eigenvalue weighted by atomic mass is 9.81. The number of fused-ring (bicyclic) bond motifs is 3. The number of H-pyrrole nitrogens is 3. The number of esters is 2. The van der Waals surface area contributed by atoms with Crippen LogP contribution in [-0.4, -0.2) is 170 Å². The van der Waals surface area contributed by atoms with Crippen molar-refractivity contribution in [3.8, 4) is 22.3 Å². The third-order valence-electron chi connectivity index (χ3n) is 18.2. The van der Waals surface area contributed by atoms with Crippen LogP contribution in [0.3, 0.4) is 0 Å². The number of halogens is 11. The van der Waals surface area contributed by atoms with Crippen molar-refractivity contribution < 1.29 is 108 Å². The Kier molecular flexibility index (Phi) is 49.1. The number of hydrogen-bond acceptors (Lipinski definition) is 33. The molecule has 8 N–H and O–H groups in total. The van der Waals surface area contributed by atoms with Gasteiger partial charge < -0.3 is 30.4 Å². The van der Waals surface area contributed by atoms with Gasteiger partial charge in [0.15, 0.2) is 50.6 Å². The molecule has 0 radical (unpaired) electrons. The first-order chi connectivity index (χ1) is 68.0. The SMILES string of the molecule is CC(=O)c1ccc(Br)cc1N.CC(=O)c1ccc(Br)cc1[N+](=O)[O-].CCOC(=O)C(C(=O)OCC)C(=O)c1ccc(Br)cc1[N+](=O)[O-].CS(=O)(=O)c1ccc(-c2ccc3c(=O)c(I)n[nH]c3c2)cc1.CS(=O)(=O)c1ccc(-c2ccc3c(=O)cn[nH]c3c2)cc1.CS(=O)(=O)c1ccc(B(O)O)cc1.O=C(Cl)c1ccc(Br)cc1[N+](=O)[O-].O=C(O)c1ccc(Br)cc1[N+](=O)[O-].O=P(Cl)(Cl)Cl.O=c1cn[nH]c2cc(Br)ccc12. The van der Waals surface area contributed by atoms with Crippen LogP contribution in [0.15, 0.2) is 287 Å². The van der Waals surface area contributed by atoms with E-state index in [4.69, 9.17) is 42.0 Å².